The minimum Gasteiger partial charge on any atom is -0.494 e. The maximum atomic E-state index is 5.83. The Morgan fingerprint density at radius 1 is 0.710 bits per heavy atom. The van der Waals surface area contributed by atoms with E-state index in [1.165, 1.54) is 25.7 Å². The zero-order valence-electron chi connectivity index (χ0n) is 19.2. The van der Waals surface area contributed by atoms with Gasteiger partial charge in [-0.2, -0.15) is 0 Å². The molecule has 0 unspecified atom stereocenters. The van der Waals surface area contributed by atoms with E-state index in [1.807, 2.05) is 30.3 Å². The molecule has 5 nitrogen and oxygen atoms in total. The fourth-order valence-electron chi connectivity index (χ4n) is 2.97. The number of nitrogens with zero attached hydrogens (tertiary/aromatic N) is 2. The van der Waals surface area contributed by atoms with E-state index in [-0.39, 0.29) is 0 Å². The third-order valence-corrected chi connectivity index (χ3v) is 4.80. The normalized spacial score (nSPS) is 11.2. The molecule has 0 aliphatic carbocycles. The van der Waals surface area contributed by atoms with Gasteiger partial charge < -0.3 is 14.2 Å². The fourth-order valence-corrected chi connectivity index (χ4v) is 2.97. The second kappa shape index (κ2) is 16.3. The van der Waals surface area contributed by atoms with E-state index in [0.29, 0.717) is 24.8 Å². The van der Waals surface area contributed by atoms with Crippen LogP contribution in [0.1, 0.15) is 65.2 Å². The fraction of sp³-hybridized carbons (Fsp3) is 0.538. The molecule has 0 saturated carbocycles. The topological polar surface area (TPSA) is 53.5 Å². The van der Waals surface area contributed by atoms with Gasteiger partial charge in [-0.1, -0.05) is 51.7 Å². The van der Waals surface area contributed by atoms with Crippen LogP contribution >= 0.6 is 0 Å². The van der Waals surface area contributed by atoms with Crippen LogP contribution in [0.5, 0.6) is 11.5 Å². The van der Waals surface area contributed by atoms with Gasteiger partial charge in [0.2, 0.25) is 0 Å². The van der Waals surface area contributed by atoms with Gasteiger partial charge in [-0.3, -0.25) is 0 Å². The first-order valence-electron chi connectivity index (χ1n) is 11.7. The van der Waals surface area contributed by atoms with E-state index in [9.17, 15) is 0 Å². The van der Waals surface area contributed by atoms with E-state index >= 15 is 0 Å². The summed E-state index contributed by atoms with van der Waals surface area (Å²) in [6, 6.07) is 7.90. The molecule has 0 bridgehead atoms. The Balaban J connectivity index is 1.63. The lowest BCUT2D eigenvalue weighted by Crippen LogP contribution is -2.02. The number of allylic oxidation sites excluding steroid dienone is 1. The molecule has 1 aromatic carbocycles. The van der Waals surface area contributed by atoms with E-state index in [1.54, 1.807) is 12.4 Å². The smallest absolute Gasteiger partial charge is 0.159 e. The Labute approximate surface area is 187 Å². The molecule has 0 spiro atoms. The van der Waals surface area contributed by atoms with Gasteiger partial charge >= 0.3 is 0 Å². The van der Waals surface area contributed by atoms with Crippen molar-refractivity contribution in [2.75, 3.05) is 26.4 Å². The quantitative estimate of drug-likeness (QED) is 0.210. The van der Waals surface area contributed by atoms with Crippen molar-refractivity contribution in [3.8, 4) is 22.9 Å². The first kappa shape index (κ1) is 24.9. The molecule has 0 amide bonds. The Kier molecular flexibility index (Phi) is 13.1. The monoisotopic (exact) mass is 426 g/mol. The summed E-state index contributed by atoms with van der Waals surface area (Å²) in [6.07, 6.45) is 16.8. The standard InChI is InChI=1S/C26H38N2O3/c1-3-5-7-9-17-29-18-11-12-20-30-24-15-13-23(14-16-24)26-27-21-25(22-28-26)31-19-10-8-6-4-2/h8,10,13-16,21-22H,3-7,9,11-12,17-20H2,1-2H3/b10-8+. The van der Waals surface area contributed by atoms with Gasteiger partial charge in [0.05, 0.1) is 19.0 Å². The van der Waals surface area contributed by atoms with Crippen molar-refractivity contribution in [3.63, 3.8) is 0 Å². The van der Waals surface area contributed by atoms with Gasteiger partial charge in [-0.15, -0.1) is 0 Å². The van der Waals surface area contributed by atoms with Crippen LogP contribution in [0.4, 0.5) is 0 Å². The summed E-state index contributed by atoms with van der Waals surface area (Å²) in [5.41, 5.74) is 0.957. The van der Waals surface area contributed by atoms with Crippen molar-refractivity contribution >= 4 is 0 Å². The number of rotatable bonds is 17. The molecule has 0 atom stereocenters. The predicted molar refractivity (Wildman–Crippen MR) is 127 cm³/mol. The SMILES string of the molecule is CCC/C=C/COc1cnc(-c2ccc(OCCCCOCCCCCC)cc2)nc1. The number of benzene rings is 1. The van der Waals surface area contributed by atoms with Gasteiger partial charge in [0.25, 0.3) is 0 Å². The van der Waals surface area contributed by atoms with Crippen molar-refractivity contribution in [1.29, 1.82) is 0 Å². The first-order valence-corrected chi connectivity index (χ1v) is 11.7. The molecule has 0 radical (unpaired) electrons. The Morgan fingerprint density at radius 3 is 2.13 bits per heavy atom. The average molecular weight is 427 g/mol. The van der Waals surface area contributed by atoms with Crippen LogP contribution in [0.2, 0.25) is 0 Å². The third-order valence-electron chi connectivity index (χ3n) is 4.80. The minimum atomic E-state index is 0.541. The minimum absolute atomic E-state index is 0.541. The lowest BCUT2D eigenvalue weighted by Gasteiger charge is -2.08. The Hall–Kier alpha value is -2.40. The molecule has 0 saturated heterocycles. The van der Waals surface area contributed by atoms with E-state index in [2.05, 4.69) is 29.9 Å². The number of unbranched alkanes of at least 4 members (excludes halogenated alkanes) is 5. The van der Waals surface area contributed by atoms with Gasteiger partial charge in [0, 0.05) is 18.8 Å². The van der Waals surface area contributed by atoms with Crippen LogP contribution < -0.4 is 9.47 Å². The van der Waals surface area contributed by atoms with Crippen LogP contribution in [-0.2, 0) is 4.74 Å². The van der Waals surface area contributed by atoms with Gasteiger partial charge in [0.1, 0.15) is 12.4 Å². The Bertz CT molecular complexity index is 714. The molecule has 1 aromatic heterocycles. The molecule has 31 heavy (non-hydrogen) atoms. The largest absolute Gasteiger partial charge is 0.494 e. The van der Waals surface area contributed by atoms with Crippen molar-refractivity contribution < 1.29 is 14.2 Å². The van der Waals surface area contributed by atoms with Crippen molar-refractivity contribution in [1.82, 2.24) is 9.97 Å². The van der Waals surface area contributed by atoms with Crippen LogP contribution in [0.25, 0.3) is 11.4 Å². The van der Waals surface area contributed by atoms with Crippen molar-refractivity contribution in [2.24, 2.45) is 0 Å². The maximum absolute atomic E-state index is 5.83. The second-order valence-electron chi connectivity index (χ2n) is 7.57. The number of ether oxygens (including phenoxy) is 3. The highest BCUT2D eigenvalue weighted by atomic mass is 16.5. The van der Waals surface area contributed by atoms with E-state index in [0.717, 1.165) is 50.2 Å². The molecular weight excluding hydrogens is 388 g/mol. The lowest BCUT2D eigenvalue weighted by atomic mass is 10.2. The van der Waals surface area contributed by atoms with Crippen LogP contribution in [0.15, 0.2) is 48.8 Å². The predicted octanol–water partition coefficient (Wildman–Crippen LogP) is 6.63. The first-order chi connectivity index (χ1) is 15.3. The lowest BCUT2D eigenvalue weighted by molar-refractivity contribution is 0.122. The molecule has 0 fully saturated rings. The molecular formula is C26H38N2O3. The van der Waals surface area contributed by atoms with Gasteiger partial charge in [-0.25, -0.2) is 9.97 Å². The van der Waals surface area contributed by atoms with Crippen molar-refractivity contribution in [3.05, 3.63) is 48.8 Å². The summed E-state index contributed by atoms with van der Waals surface area (Å²) < 4.78 is 17.1. The number of aromatic nitrogens is 2. The summed E-state index contributed by atoms with van der Waals surface area (Å²) in [4.78, 5) is 8.81. The highest BCUT2D eigenvalue weighted by molar-refractivity contribution is 5.56. The van der Waals surface area contributed by atoms with Crippen LogP contribution in [0, 0.1) is 0 Å². The zero-order valence-corrected chi connectivity index (χ0v) is 19.2. The van der Waals surface area contributed by atoms with Gasteiger partial charge in [-0.05, 0) is 49.9 Å². The zero-order chi connectivity index (χ0) is 22.0. The van der Waals surface area contributed by atoms with Crippen LogP contribution in [0.3, 0.4) is 0 Å². The highest BCUT2D eigenvalue weighted by Crippen LogP contribution is 2.20. The highest BCUT2D eigenvalue weighted by Gasteiger charge is 2.03. The average Bonchev–Trinajstić information content (AvgIpc) is 2.81. The molecule has 170 valence electrons. The van der Waals surface area contributed by atoms with Crippen molar-refractivity contribution in [2.45, 2.75) is 65.2 Å². The molecule has 0 N–H and O–H groups in total. The summed E-state index contributed by atoms with van der Waals surface area (Å²) >= 11 is 0. The summed E-state index contributed by atoms with van der Waals surface area (Å²) in [5, 5.41) is 0. The molecule has 2 aromatic rings. The second-order valence-corrected chi connectivity index (χ2v) is 7.57. The Morgan fingerprint density at radius 2 is 1.42 bits per heavy atom. The maximum Gasteiger partial charge on any atom is 0.159 e. The number of hydrogen-bond donors (Lipinski definition) is 0. The van der Waals surface area contributed by atoms with Crippen LogP contribution in [-0.4, -0.2) is 36.4 Å². The molecule has 5 heteroatoms. The van der Waals surface area contributed by atoms with Gasteiger partial charge in [0.15, 0.2) is 11.6 Å². The summed E-state index contributed by atoms with van der Waals surface area (Å²) in [5.74, 6) is 2.22. The third kappa shape index (κ3) is 11.0. The number of hydrogen-bond acceptors (Lipinski definition) is 5. The molecule has 1 heterocycles. The molecule has 0 aliphatic rings. The van der Waals surface area contributed by atoms with E-state index in [4.69, 9.17) is 14.2 Å². The van der Waals surface area contributed by atoms with E-state index < -0.39 is 0 Å². The summed E-state index contributed by atoms with van der Waals surface area (Å²) in [6.45, 7) is 7.33. The molecule has 0 aliphatic heterocycles. The molecule has 2 rings (SSSR count). The summed E-state index contributed by atoms with van der Waals surface area (Å²) in [7, 11) is 0.